The summed E-state index contributed by atoms with van der Waals surface area (Å²) < 4.78 is 7.59. The van der Waals surface area contributed by atoms with Crippen molar-refractivity contribution in [2.75, 3.05) is 17.7 Å². The molecule has 0 radical (unpaired) electrons. The molecule has 0 bridgehead atoms. The Labute approximate surface area is 149 Å². The number of nitrogens with one attached hydrogen (secondary N) is 2. The van der Waals surface area contributed by atoms with Gasteiger partial charge in [0.2, 0.25) is 5.91 Å². The summed E-state index contributed by atoms with van der Waals surface area (Å²) in [6.45, 7) is 4.35. The van der Waals surface area contributed by atoms with Crippen molar-refractivity contribution in [3.05, 3.63) is 51.3 Å². The number of para-hydroxylation sites is 1. The minimum absolute atomic E-state index is 0.0396. The van der Waals surface area contributed by atoms with E-state index in [-0.39, 0.29) is 22.8 Å². The highest BCUT2D eigenvalue weighted by molar-refractivity contribution is 8.00. The van der Waals surface area contributed by atoms with Gasteiger partial charge in [0.25, 0.3) is 5.56 Å². The number of rotatable bonds is 2. The largest absolute Gasteiger partial charge is 0.489 e. The Bertz CT molecular complexity index is 926. The molecule has 2 aliphatic rings. The van der Waals surface area contributed by atoms with Crippen molar-refractivity contribution in [2.24, 2.45) is 0 Å². The summed E-state index contributed by atoms with van der Waals surface area (Å²) >= 11 is 1.46. The monoisotopic (exact) mass is 357 g/mol. The maximum Gasteiger partial charge on any atom is 0.270 e. The molecule has 25 heavy (non-hydrogen) atoms. The number of ether oxygens (including phenoxy) is 1. The molecule has 7 heteroatoms. The van der Waals surface area contributed by atoms with Crippen LogP contribution in [0.15, 0.2) is 34.6 Å². The number of thioether (sulfide) groups is 1. The van der Waals surface area contributed by atoms with E-state index in [1.165, 1.54) is 11.8 Å². The first-order valence-corrected chi connectivity index (χ1v) is 9.27. The van der Waals surface area contributed by atoms with Crippen molar-refractivity contribution in [3.63, 3.8) is 0 Å². The zero-order valence-corrected chi connectivity index (χ0v) is 14.9. The second-order valence-electron chi connectivity index (χ2n) is 6.45. The minimum Gasteiger partial charge on any atom is -0.489 e. The Hall–Kier alpha value is -2.41. The maximum atomic E-state index is 12.6. The van der Waals surface area contributed by atoms with Gasteiger partial charge >= 0.3 is 0 Å². The van der Waals surface area contributed by atoms with Crippen LogP contribution in [0.1, 0.15) is 36.3 Å². The predicted molar refractivity (Wildman–Crippen MR) is 99.2 cm³/mol. The topological polar surface area (TPSA) is 76.1 Å². The summed E-state index contributed by atoms with van der Waals surface area (Å²) in [6.07, 6.45) is 2.07. The maximum absolute atomic E-state index is 12.6. The van der Waals surface area contributed by atoms with Crippen molar-refractivity contribution in [3.8, 4) is 5.75 Å². The van der Waals surface area contributed by atoms with Crippen LogP contribution in [0.4, 0.5) is 5.82 Å². The van der Waals surface area contributed by atoms with Gasteiger partial charge in [-0.3, -0.25) is 19.4 Å². The highest BCUT2D eigenvalue weighted by atomic mass is 32.2. The van der Waals surface area contributed by atoms with Crippen LogP contribution in [0.25, 0.3) is 6.08 Å². The molecule has 130 valence electrons. The number of benzene rings is 1. The highest BCUT2D eigenvalue weighted by Crippen LogP contribution is 2.43. The number of amides is 1. The molecule has 6 nitrogen and oxygen atoms in total. The van der Waals surface area contributed by atoms with E-state index in [9.17, 15) is 9.59 Å². The number of hydrogen-bond donors (Lipinski definition) is 2. The fourth-order valence-electron chi connectivity index (χ4n) is 3.21. The SMILES string of the molecule is CC(C)n1[nH]c(=O)c2c1NC(=O)CSC2C1=Cc2ccccc2OC1. The molecule has 0 aliphatic carbocycles. The predicted octanol–water partition coefficient (Wildman–Crippen LogP) is 2.96. The van der Waals surface area contributed by atoms with Crippen LogP contribution in [-0.2, 0) is 4.79 Å². The van der Waals surface area contributed by atoms with Crippen LogP contribution in [0.2, 0.25) is 0 Å². The fraction of sp³-hybridized carbons (Fsp3) is 0.333. The number of aromatic nitrogens is 2. The Balaban J connectivity index is 1.84. The first kappa shape index (κ1) is 16.1. The molecule has 1 aromatic carbocycles. The van der Waals surface area contributed by atoms with Gasteiger partial charge in [0.1, 0.15) is 18.2 Å². The number of aromatic amines is 1. The lowest BCUT2D eigenvalue weighted by atomic mass is 10.0. The molecule has 1 aromatic heterocycles. The third kappa shape index (κ3) is 2.78. The third-order valence-corrected chi connectivity index (χ3v) is 5.67. The van der Waals surface area contributed by atoms with Crippen LogP contribution >= 0.6 is 11.8 Å². The Morgan fingerprint density at radius 1 is 1.28 bits per heavy atom. The second kappa shape index (κ2) is 6.15. The van der Waals surface area contributed by atoms with Gasteiger partial charge in [-0.1, -0.05) is 18.2 Å². The number of fused-ring (bicyclic) bond motifs is 2. The summed E-state index contributed by atoms with van der Waals surface area (Å²) in [4.78, 5) is 24.8. The number of carbonyl (C=O) groups is 1. The molecule has 1 atom stereocenters. The van der Waals surface area contributed by atoms with Crippen molar-refractivity contribution in [1.29, 1.82) is 0 Å². The standard InChI is InChI=1S/C18H19N3O3S/c1-10(2)21-17-15(18(23)20-21)16(25-9-14(22)19-17)12-7-11-5-3-4-6-13(11)24-8-12/h3-7,10,16H,8-9H2,1-2H3,(H,19,22)(H,20,23). The zero-order valence-electron chi connectivity index (χ0n) is 14.0. The van der Waals surface area contributed by atoms with Gasteiger partial charge in [0, 0.05) is 11.6 Å². The van der Waals surface area contributed by atoms with Crippen LogP contribution in [0.3, 0.4) is 0 Å². The van der Waals surface area contributed by atoms with Gasteiger partial charge < -0.3 is 10.1 Å². The molecule has 0 fully saturated rings. The Kier molecular flexibility index (Phi) is 3.95. The van der Waals surface area contributed by atoms with Gasteiger partial charge in [-0.2, -0.15) is 0 Å². The van der Waals surface area contributed by atoms with E-state index in [2.05, 4.69) is 16.5 Å². The molecule has 1 amide bonds. The lowest BCUT2D eigenvalue weighted by molar-refractivity contribution is -0.113. The number of H-pyrrole nitrogens is 1. The molecule has 4 rings (SSSR count). The average molecular weight is 357 g/mol. The molecule has 0 saturated carbocycles. The van der Waals surface area contributed by atoms with Gasteiger partial charge in [-0.05, 0) is 31.6 Å². The first-order valence-electron chi connectivity index (χ1n) is 8.22. The summed E-state index contributed by atoms with van der Waals surface area (Å²) in [5.41, 5.74) is 2.42. The quantitative estimate of drug-likeness (QED) is 0.866. The normalized spacial score (nSPS) is 19.4. The van der Waals surface area contributed by atoms with Gasteiger partial charge in [-0.25, -0.2) is 0 Å². The van der Waals surface area contributed by atoms with E-state index in [4.69, 9.17) is 4.74 Å². The Morgan fingerprint density at radius 3 is 2.88 bits per heavy atom. The number of anilines is 1. The number of carbonyl (C=O) groups excluding carboxylic acids is 1. The van der Waals surface area contributed by atoms with E-state index < -0.39 is 0 Å². The first-order chi connectivity index (χ1) is 12.0. The van der Waals surface area contributed by atoms with Crippen molar-refractivity contribution in [2.45, 2.75) is 25.1 Å². The van der Waals surface area contributed by atoms with Crippen molar-refractivity contribution < 1.29 is 9.53 Å². The molecule has 0 saturated heterocycles. The lowest BCUT2D eigenvalue weighted by Gasteiger charge is -2.23. The van der Waals surface area contributed by atoms with E-state index in [0.717, 1.165) is 16.9 Å². The highest BCUT2D eigenvalue weighted by Gasteiger charge is 2.33. The van der Waals surface area contributed by atoms with Crippen molar-refractivity contribution in [1.82, 2.24) is 9.78 Å². The lowest BCUT2D eigenvalue weighted by Crippen LogP contribution is -2.18. The summed E-state index contributed by atoms with van der Waals surface area (Å²) in [7, 11) is 0. The van der Waals surface area contributed by atoms with Crippen molar-refractivity contribution >= 4 is 29.6 Å². The molecule has 1 unspecified atom stereocenters. The van der Waals surface area contributed by atoms with Crippen LogP contribution in [0.5, 0.6) is 5.75 Å². The van der Waals surface area contributed by atoms with Gasteiger partial charge in [-0.15, -0.1) is 11.8 Å². The molecule has 2 aromatic rings. The molecular weight excluding hydrogens is 338 g/mol. The van der Waals surface area contributed by atoms with Gasteiger partial charge in [0.15, 0.2) is 0 Å². The fourth-order valence-corrected chi connectivity index (χ4v) is 4.33. The molecule has 2 aliphatic heterocycles. The van der Waals surface area contributed by atoms with Gasteiger partial charge in [0.05, 0.1) is 16.6 Å². The van der Waals surface area contributed by atoms with E-state index >= 15 is 0 Å². The third-order valence-electron chi connectivity index (χ3n) is 4.37. The van der Waals surface area contributed by atoms with Crippen LogP contribution in [-0.4, -0.2) is 28.0 Å². The molecular formula is C18H19N3O3S. The molecule has 0 spiro atoms. The van der Waals surface area contributed by atoms with Crippen LogP contribution < -0.4 is 15.6 Å². The minimum atomic E-state index is -0.217. The number of nitrogens with zero attached hydrogens (tertiary/aromatic N) is 1. The number of hydrogen-bond acceptors (Lipinski definition) is 4. The molecule has 2 N–H and O–H groups in total. The van der Waals surface area contributed by atoms with E-state index in [1.54, 1.807) is 4.68 Å². The summed E-state index contributed by atoms with van der Waals surface area (Å²) in [6, 6.07) is 7.86. The zero-order chi connectivity index (χ0) is 17.6. The van der Waals surface area contributed by atoms with E-state index in [0.29, 0.717) is 23.7 Å². The second-order valence-corrected chi connectivity index (χ2v) is 7.55. The van der Waals surface area contributed by atoms with E-state index in [1.807, 2.05) is 38.1 Å². The average Bonchev–Trinajstić information content (AvgIpc) is 2.81. The van der Waals surface area contributed by atoms with Crippen LogP contribution in [0, 0.1) is 0 Å². The smallest absolute Gasteiger partial charge is 0.270 e. The molecule has 3 heterocycles. The summed E-state index contributed by atoms with van der Waals surface area (Å²) in [5, 5.41) is 5.52. The Morgan fingerprint density at radius 2 is 2.08 bits per heavy atom. The summed E-state index contributed by atoms with van der Waals surface area (Å²) in [5.74, 6) is 1.61.